The maximum absolute atomic E-state index is 13.3. The summed E-state index contributed by atoms with van der Waals surface area (Å²) < 4.78 is 16.5. The minimum absolute atomic E-state index is 0.00402. The zero-order chi connectivity index (χ0) is 35.4. The third-order valence-electron chi connectivity index (χ3n) is 10.4. The van der Waals surface area contributed by atoms with E-state index in [0.29, 0.717) is 30.7 Å². The lowest BCUT2D eigenvalue weighted by molar-refractivity contribution is -0.140. The number of esters is 2. The molecule has 2 N–H and O–H groups in total. The molecule has 2 atom stereocenters. The van der Waals surface area contributed by atoms with Crippen LogP contribution in [-0.2, 0) is 25.4 Å². The third kappa shape index (κ3) is 7.23. The number of rotatable bonds is 12. The molecule has 0 aliphatic carbocycles. The predicted octanol–water partition coefficient (Wildman–Crippen LogP) is 8.96. The van der Waals surface area contributed by atoms with Crippen LogP contribution in [0.15, 0.2) is 18.2 Å². The fourth-order valence-electron chi connectivity index (χ4n) is 7.28. The van der Waals surface area contributed by atoms with E-state index in [0.717, 1.165) is 80.0 Å². The third-order valence-corrected chi connectivity index (χ3v) is 10.4. The smallest absolute Gasteiger partial charge is 0.340 e. The molecule has 3 aromatic heterocycles. The van der Waals surface area contributed by atoms with Gasteiger partial charge in [-0.05, 0) is 93.0 Å². The Morgan fingerprint density at radius 1 is 0.837 bits per heavy atom. The lowest BCUT2D eigenvalue weighted by Crippen LogP contribution is -2.09. The number of hydrogen-bond donors (Lipinski definition) is 2. The van der Waals surface area contributed by atoms with Crippen LogP contribution in [0.25, 0.3) is 33.2 Å². The number of ether oxygens (including phenoxy) is 3. The Labute approximate surface area is 289 Å². The van der Waals surface area contributed by atoms with Gasteiger partial charge >= 0.3 is 11.9 Å². The molecule has 49 heavy (non-hydrogen) atoms. The maximum atomic E-state index is 13.3. The maximum Gasteiger partial charge on any atom is 0.340 e. The largest absolute Gasteiger partial charge is 0.469 e. The topological polar surface area (TPSA) is 119 Å². The highest BCUT2D eigenvalue weighted by molar-refractivity contribution is 6.03. The van der Waals surface area contributed by atoms with E-state index in [-0.39, 0.29) is 24.2 Å². The molecule has 0 unspecified atom stereocenters. The zero-order valence-electron chi connectivity index (χ0n) is 30.7. The van der Waals surface area contributed by atoms with Gasteiger partial charge in [-0.3, -0.25) is 9.78 Å². The quantitative estimate of drug-likeness (QED) is 0.146. The number of hydrogen-bond acceptors (Lipinski definition) is 7. The van der Waals surface area contributed by atoms with Gasteiger partial charge in [-0.25, -0.2) is 9.78 Å². The summed E-state index contributed by atoms with van der Waals surface area (Å²) in [5.74, 6) is -0.751. The van der Waals surface area contributed by atoms with Crippen molar-refractivity contribution in [2.75, 3.05) is 27.4 Å². The van der Waals surface area contributed by atoms with E-state index < -0.39 is 5.97 Å². The fourth-order valence-corrected chi connectivity index (χ4v) is 7.28. The van der Waals surface area contributed by atoms with Gasteiger partial charge in [-0.2, -0.15) is 0 Å². The van der Waals surface area contributed by atoms with E-state index in [1.54, 1.807) is 0 Å². The first kappa shape index (κ1) is 36.1. The molecule has 3 aromatic rings. The van der Waals surface area contributed by atoms with Gasteiger partial charge in [0.1, 0.15) is 0 Å². The molecule has 0 amide bonds. The van der Waals surface area contributed by atoms with Crippen LogP contribution in [0.5, 0.6) is 0 Å². The Kier molecular flexibility index (Phi) is 11.4. The highest BCUT2D eigenvalue weighted by atomic mass is 16.5. The first-order valence-electron chi connectivity index (χ1n) is 17.7. The van der Waals surface area contributed by atoms with Gasteiger partial charge in [-0.15, -0.1) is 0 Å². The number of unbranched alkanes of at least 4 members (excludes halogenated alkanes) is 3. The number of allylic oxidation sites excluding steroid dienone is 1. The van der Waals surface area contributed by atoms with Crippen molar-refractivity contribution in [2.24, 2.45) is 0 Å². The van der Waals surface area contributed by atoms with Gasteiger partial charge in [-0.1, -0.05) is 40.0 Å². The van der Waals surface area contributed by atoms with Crippen LogP contribution >= 0.6 is 0 Å². The van der Waals surface area contributed by atoms with Crippen LogP contribution in [0.4, 0.5) is 0 Å². The molecular formula is C40H52N4O5. The molecule has 262 valence electrons. The summed E-state index contributed by atoms with van der Waals surface area (Å²) in [6.45, 7) is 15.9. The fraction of sp³-hybridized carbons (Fsp3) is 0.500. The Hall–Kier alpha value is -4.24. The van der Waals surface area contributed by atoms with Crippen molar-refractivity contribution >= 4 is 45.2 Å². The Balaban J connectivity index is 1.82. The Bertz CT molecular complexity index is 1930. The van der Waals surface area contributed by atoms with Gasteiger partial charge < -0.3 is 24.2 Å². The van der Waals surface area contributed by atoms with E-state index in [1.165, 1.54) is 39.0 Å². The monoisotopic (exact) mass is 668 g/mol. The van der Waals surface area contributed by atoms with Crippen molar-refractivity contribution in [3.8, 4) is 0 Å². The molecule has 8 bridgehead atoms. The number of carbonyl (C=O) groups is 2. The zero-order valence-corrected chi connectivity index (χ0v) is 30.7. The number of aromatic amines is 2. The van der Waals surface area contributed by atoms with Gasteiger partial charge in [0, 0.05) is 58.4 Å². The summed E-state index contributed by atoms with van der Waals surface area (Å²) in [6.07, 6.45) is 6.27. The Morgan fingerprint density at radius 2 is 1.59 bits per heavy atom. The van der Waals surface area contributed by atoms with Crippen molar-refractivity contribution in [1.82, 2.24) is 19.9 Å². The number of nitrogens with zero attached hydrogens (tertiary/aromatic N) is 2. The second kappa shape index (κ2) is 15.5. The summed E-state index contributed by atoms with van der Waals surface area (Å²) >= 11 is 0. The number of carbonyl (C=O) groups excluding carboxylic acids is 2. The first-order valence-corrected chi connectivity index (χ1v) is 17.7. The van der Waals surface area contributed by atoms with Gasteiger partial charge in [0.25, 0.3) is 0 Å². The van der Waals surface area contributed by atoms with Crippen LogP contribution in [0, 0.1) is 20.8 Å². The minimum Gasteiger partial charge on any atom is -0.469 e. The minimum atomic E-state index is -0.412. The van der Waals surface area contributed by atoms with Crippen LogP contribution < -0.4 is 0 Å². The van der Waals surface area contributed by atoms with Crippen molar-refractivity contribution in [1.29, 1.82) is 0 Å². The number of fused-ring (bicyclic) bond motifs is 8. The van der Waals surface area contributed by atoms with E-state index in [4.69, 9.17) is 24.2 Å². The second-order valence-electron chi connectivity index (χ2n) is 13.4. The number of H-pyrrole nitrogens is 2. The summed E-state index contributed by atoms with van der Waals surface area (Å²) in [6, 6.07) is 6.31. The highest BCUT2D eigenvalue weighted by Gasteiger charge is 2.32. The van der Waals surface area contributed by atoms with E-state index in [9.17, 15) is 9.59 Å². The molecule has 0 saturated carbocycles. The molecule has 0 aromatic carbocycles. The van der Waals surface area contributed by atoms with Crippen molar-refractivity contribution in [2.45, 2.75) is 105 Å². The molecule has 0 saturated heterocycles. The molecule has 5 rings (SSSR count). The number of aryl methyl sites for hydroxylation is 4. The molecule has 0 radical (unpaired) electrons. The van der Waals surface area contributed by atoms with Gasteiger partial charge in [0.2, 0.25) is 0 Å². The van der Waals surface area contributed by atoms with E-state index in [2.05, 4.69) is 62.8 Å². The number of nitrogens with one attached hydrogen (secondary N) is 2. The van der Waals surface area contributed by atoms with Crippen LogP contribution in [0.1, 0.15) is 133 Å². The van der Waals surface area contributed by atoms with Crippen LogP contribution in [-0.4, -0.2) is 59.3 Å². The second-order valence-corrected chi connectivity index (χ2v) is 13.4. The molecule has 0 fully saturated rings. The van der Waals surface area contributed by atoms with Crippen molar-refractivity contribution < 1.29 is 23.8 Å². The van der Waals surface area contributed by atoms with Crippen molar-refractivity contribution in [3.63, 3.8) is 0 Å². The average molecular weight is 669 g/mol. The molecule has 9 nitrogen and oxygen atoms in total. The van der Waals surface area contributed by atoms with Crippen LogP contribution in [0.2, 0.25) is 0 Å². The lowest BCUT2D eigenvalue weighted by atomic mass is 9.85. The molecule has 2 aliphatic rings. The average Bonchev–Trinajstić information content (AvgIpc) is 3.78. The Morgan fingerprint density at radius 3 is 2.29 bits per heavy atom. The lowest BCUT2D eigenvalue weighted by Gasteiger charge is -2.16. The normalized spacial score (nSPS) is 15.9. The highest BCUT2D eigenvalue weighted by Crippen LogP contribution is 2.43. The molecule has 2 aliphatic heterocycles. The first-order chi connectivity index (χ1) is 23.5. The summed E-state index contributed by atoms with van der Waals surface area (Å²) in [5, 5.41) is 0. The van der Waals surface area contributed by atoms with E-state index >= 15 is 0 Å². The molecule has 5 heterocycles. The van der Waals surface area contributed by atoms with Gasteiger partial charge in [0.05, 0.1) is 43.3 Å². The SMILES string of the molecule is CCCCCCOCC1=C(C)c2cc3nc(c(C)c4[nH]c(cc5[nH]c(cc1n2)c(C)c5CC)c(C)c4C(=O)OC)[C@@H](CCC(=O)OC)[C@@H]3C. The van der Waals surface area contributed by atoms with E-state index in [1.807, 2.05) is 13.8 Å². The number of aromatic nitrogens is 4. The van der Waals surface area contributed by atoms with Gasteiger partial charge in [0.15, 0.2) is 0 Å². The van der Waals surface area contributed by atoms with Crippen molar-refractivity contribution in [3.05, 3.63) is 68.8 Å². The number of methoxy groups -OCH3 is 2. The molecule has 0 spiro atoms. The molecule has 9 heteroatoms. The summed E-state index contributed by atoms with van der Waals surface area (Å²) in [4.78, 5) is 43.3. The summed E-state index contributed by atoms with van der Waals surface area (Å²) in [7, 11) is 2.82. The summed E-state index contributed by atoms with van der Waals surface area (Å²) in [5.41, 5.74) is 13.6. The van der Waals surface area contributed by atoms with Crippen LogP contribution in [0.3, 0.4) is 0 Å². The molecular weight excluding hydrogens is 616 g/mol. The standard InChI is InChI=1S/C40H52N4O5/c1-10-12-13-14-17-49-21-29-24(5)30-18-32-23(4)28(15-16-36(45)47-8)38(43-32)26(7)39-37(40(46)48-9)25(6)33(44-39)20-34-27(11-2)22(3)31(41-34)19-35(29)42-30/h18-20,23,28,41,44H,10-17,21H2,1-9H3/t23-,28-/m0/s1. The predicted molar refractivity (Wildman–Crippen MR) is 196 cm³/mol.